The molecule has 0 bridgehead atoms. The number of aromatic nitrogens is 1. The number of amides is 1. The molecule has 2 rings (SSSR count). The number of likely N-dealkylation sites (N-methyl/N-ethyl adjacent to an activating group) is 1. The van der Waals surface area contributed by atoms with E-state index >= 15 is 0 Å². The summed E-state index contributed by atoms with van der Waals surface area (Å²) in [6, 6.07) is 1.43. The molecule has 1 aromatic rings. The van der Waals surface area contributed by atoms with Crippen LogP contribution in [0.1, 0.15) is 29.8 Å². The Morgan fingerprint density at radius 2 is 2.36 bits per heavy atom. The SMILES string of the molecule is CN/C(=C\C(C)=C(/N)OCCF)C(C)N1Cc2c(ccnc2Cl)C1=O. The number of carbonyl (C=O) groups is 1. The van der Waals surface area contributed by atoms with Crippen molar-refractivity contribution >= 4 is 17.5 Å². The van der Waals surface area contributed by atoms with Gasteiger partial charge in [0, 0.05) is 35.6 Å². The highest BCUT2D eigenvalue weighted by Crippen LogP contribution is 2.30. The highest BCUT2D eigenvalue weighted by Gasteiger charge is 2.33. The maximum atomic E-state index is 12.7. The Morgan fingerprint density at radius 3 is 2.96 bits per heavy atom. The number of nitrogens with one attached hydrogen (secondary N) is 1. The molecule has 0 saturated heterocycles. The Bertz CT molecular complexity index is 721. The van der Waals surface area contributed by atoms with E-state index in [1.165, 1.54) is 6.20 Å². The van der Waals surface area contributed by atoms with Crippen molar-refractivity contribution in [2.75, 3.05) is 20.3 Å². The Balaban J connectivity index is 2.24. The second-order valence-electron chi connectivity index (χ2n) is 5.67. The molecule has 0 saturated carbocycles. The van der Waals surface area contributed by atoms with Crippen molar-refractivity contribution in [3.63, 3.8) is 0 Å². The summed E-state index contributed by atoms with van der Waals surface area (Å²) in [5, 5.41) is 3.42. The normalized spacial score (nSPS) is 16.4. The van der Waals surface area contributed by atoms with E-state index in [-0.39, 0.29) is 24.4 Å². The fourth-order valence-corrected chi connectivity index (χ4v) is 2.88. The van der Waals surface area contributed by atoms with Gasteiger partial charge in [0.1, 0.15) is 18.4 Å². The molecule has 8 heteroatoms. The van der Waals surface area contributed by atoms with Gasteiger partial charge in [-0.15, -0.1) is 0 Å². The third-order valence-electron chi connectivity index (χ3n) is 4.12. The Hall–Kier alpha value is -2.28. The predicted molar refractivity (Wildman–Crippen MR) is 94.5 cm³/mol. The maximum absolute atomic E-state index is 12.7. The molecule has 3 N–H and O–H groups in total. The van der Waals surface area contributed by atoms with Crippen LogP contribution >= 0.6 is 11.6 Å². The smallest absolute Gasteiger partial charge is 0.255 e. The van der Waals surface area contributed by atoms with Crippen LogP contribution in [-0.2, 0) is 11.3 Å². The first kappa shape index (κ1) is 19.1. The minimum atomic E-state index is -0.609. The molecule has 1 aromatic heterocycles. The summed E-state index contributed by atoms with van der Waals surface area (Å²) in [5.74, 6) is 0.0529. The van der Waals surface area contributed by atoms with E-state index in [9.17, 15) is 9.18 Å². The molecule has 1 aliphatic rings. The number of fused-ring (bicyclic) bond motifs is 1. The number of nitrogens with zero attached hydrogens (tertiary/aromatic N) is 2. The average Bonchev–Trinajstić information content (AvgIpc) is 2.95. The summed E-state index contributed by atoms with van der Waals surface area (Å²) in [5.41, 5.74) is 8.51. The van der Waals surface area contributed by atoms with Gasteiger partial charge in [0.2, 0.25) is 0 Å². The van der Waals surface area contributed by atoms with Gasteiger partial charge >= 0.3 is 0 Å². The maximum Gasteiger partial charge on any atom is 0.255 e. The molecule has 6 nitrogen and oxygen atoms in total. The number of hydrogen-bond acceptors (Lipinski definition) is 5. The van der Waals surface area contributed by atoms with Gasteiger partial charge in [-0.3, -0.25) is 4.79 Å². The highest BCUT2D eigenvalue weighted by molar-refractivity contribution is 6.30. The van der Waals surface area contributed by atoms with Crippen molar-refractivity contribution in [1.29, 1.82) is 0 Å². The second kappa shape index (κ2) is 8.20. The lowest BCUT2D eigenvalue weighted by Crippen LogP contribution is -2.38. The van der Waals surface area contributed by atoms with E-state index in [0.29, 0.717) is 22.8 Å². The lowest BCUT2D eigenvalue weighted by atomic mass is 10.1. The molecule has 1 atom stereocenters. The van der Waals surface area contributed by atoms with Crippen molar-refractivity contribution in [3.8, 4) is 0 Å². The highest BCUT2D eigenvalue weighted by atomic mass is 35.5. The number of allylic oxidation sites excluding steroid dienone is 2. The summed E-state index contributed by atoms with van der Waals surface area (Å²) in [6.45, 7) is 3.35. The molecule has 1 amide bonds. The quantitative estimate of drug-likeness (QED) is 0.438. The van der Waals surface area contributed by atoms with Crippen molar-refractivity contribution in [1.82, 2.24) is 15.2 Å². The minimum Gasteiger partial charge on any atom is -0.476 e. The first-order chi connectivity index (χ1) is 11.9. The molecule has 0 spiro atoms. The molecule has 1 aliphatic heterocycles. The van der Waals surface area contributed by atoms with E-state index in [2.05, 4.69) is 10.3 Å². The lowest BCUT2D eigenvalue weighted by molar-refractivity contribution is 0.0737. The number of carbonyl (C=O) groups excluding carboxylic acids is 1. The largest absolute Gasteiger partial charge is 0.476 e. The van der Waals surface area contributed by atoms with Crippen molar-refractivity contribution in [2.45, 2.75) is 26.4 Å². The predicted octanol–water partition coefficient (Wildman–Crippen LogP) is 2.36. The number of rotatable bonds is 7. The zero-order chi connectivity index (χ0) is 18.6. The Morgan fingerprint density at radius 1 is 1.64 bits per heavy atom. The number of alkyl halides is 1. The molecule has 0 aromatic carbocycles. The molecule has 2 heterocycles. The van der Waals surface area contributed by atoms with Crippen LogP contribution in [0.15, 0.2) is 35.5 Å². The Kier molecular flexibility index (Phi) is 6.25. The zero-order valence-corrected chi connectivity index (χ0v) is 15.2. The fraction of sp³-hybridized carbons (Fsp3) is 0.412. The lowest BCUT2D eigenvalue weighted by Gasteiger charge is -2.27. The van der Waals surface area contributed by atoms with Crippen molar-refractivity contribution in [2.24, 2.45) is 5.73 Å². The Labute approximate surface area is 151 Å². The molecule has 0 radical (unpaired) electrons. The minimum absolute atomic E-state index is 0.0904. The standard InChI is InChI=1S/C17H22ClFN4O2/c1-10(16(20)25-7-5-19)8-14(21-3)11(2)23-9-13-12(17(23)24)4-6-22-15(13)18/h4,6,8,11,21H,5,7,9,20H2,1-3H3/b14-8-,16-10+. The molecule has 136 valence electrons. The monoisotopic (exact) mass is 368 g/mol. The summed E-state index contributed by atoms with van der Waals surface area (Å²) < 4.78 is 17.3. The van der Waals surface area contributed by atoms with Crippen LogP contribution < -0.4 is 11.1 Å². The zero-order valence-electron chi connectivity index (χ0n) is 14.5. The van der Waals surface area contributed by atoms with Crippen LogP contribution in [-0.4, -0.2) is 42.2 Å². The van der Waals surface area contributed by atoms with Crippen LogP contribution in [0.3, 0.4) is 0 Å². The van der Waals surface area contributed by atoms with Crippen LogP contribution in [0.5, 0.6) is 0 Å². The first-order valence-electron chi connectivity index (χ1n) is 7.89. The summed E-state index contributed by atoms with van der Waals surface area (Å²) in [6.07, 6.45) is 3.31. The van der Waals surface area contributed by atoms with E-state index in [0.717, 1.165) is 11.3 Å². The van der Waals surface area contributed by atoms with E-state index < -0.39 is 6.67 Å². The van der Waals surface area contributed by atoms with Gasteiger partial charge in [0.15, 0.2) is 5.88 Å². The number of pyridine rings is 1. The van der Waals surface area contributed by atoms with Gasteiger partial charge in [0.25, 0.3) is 5.91 Å². The first-order valence-corrected chi connectivity index (χ1v) is 8.27. The van der Waals surface area contributed by atoms with Gasteiger partial charge < -0.3 is 20.7 Å². The van der Waals surface area contributed by atoms with Crippen molar-refractivity contribution < 1.29 is 13.9 Å². The average molecular weight is 369 g/mol. The molecular weight excluding hydrogens is 347 g/mol. The third kappa shape index (κ3) is 4.04. The summed E-state index contributed by atoms with van der Waals surface area (Å²) in [4.78, 5) is 18.4. The van der Waals surface area contributed by atoms with Gasteiger partial charge in [-0.2, -0.15) is 0 Å². The van der Waals surface area contributed by atoms with Gasteiger partial charge in [0.05, 0.1) is 12.6 Å². The topological polar surface area (TPSA) is 80.5 Å². The summed E-state index contributed by atoms with van der Waals surface area (Å²) in [7, 11) is 1.76. The van der Waals surface area contributed by atoms with Gasteiger partial charge in [-0.25, -0.2) is 9.37 Å². The van der Waals surface area contributed by atoms with Gasteiger partial charge in [-0.1, -0.05) is 11.6 Å². The number of ether oxygens (including phenoxy) is 1. The number of nitrogens with two attached hydrogens (primary N) is 1. The summed E-state index contributed by atoms with van der Waals surface area (Å²) >= 11 is 6.10. The number of hydrogen-bond donors (Lipinski definition) is 2. The van der Waals surface area contributed by atoms with Crippen LogP contribution in [0.2, 0.25) is 5.15 Å². The molecule has 25 heavy (non-hydrogen) atoms. The molecule has 1 unspecified atom stereocenters. The van der Waals surface area contributed by atoms with E-state index in [4.69, 9.17) is 22.1 Å². The van der Waals surface area contributed by atoms with E-state index in [1.54, 1.807) is 31.0 Å². The van der Waals surface area contributed by atoms with Crippen LogP contribution in [0.25, 0.3) is 0 Å². The fourth-order valence-electron chi connectivity index (χ4n) is 2.66. The molecular formula is C17H22ClFN4O2. The number of halogens is 2. The van der Waals surface area contributed by atoms with Crippen LogP contribution in [0.4, 0.5) is 4.39 Å². The van der Waals surface area contributed by atoms with Crippen molar-refractivity contribution in [3.05, 3.63) is 51.8 Å². The third-order valence-corrected chi connectivity index (χ3v) is 4.45. The molecule has 0 fully saturated rings. The van der Waals surface area contributed by atoms with E-state index in [1.807, 2.05) is 6.92 Å². The van der Waals surface area contributed by atoms with Crippen LogP contribution in [0, 0.1) is 0 Å². The van der Waals surface area contributed by atoms with Gasteiger partial charge in [-0.05, 0) is 26.0 Å². The second-order valence-corrected chi connectivity index (χ2v) is 6.03. The molecule has 0 aliphatic carbocycles.